The zero-order chi connectivity index (χ0) is 14.6. The summed E-state index contributed by atoms with van der Waals surface area (Å²) in [5.41, 5.74) is 0.337. The largest absolute Gasteiger partial charge is 0.386 e. The summed E-state index contributed by atoms with van der Waals surface area (Å²) in [5.74, 6) is -0.450. The molecule has 0 aliphatic rings. The van der Waals surface area contributed by atoms with E-state index in [0.29, 0.717) is 5.56 Å². The lowest BCUT2D eigenvalue weighted by Crippen LogP contribution is -2.39. The molecule has 2 atom stereocenters. The van der Waals surface area contributed by atoms with Gasteiger partial charge in [-0.05, 0) is 17.7 Å². The van der Waals surface area contributed by atoms with Gasteiger partial charge >= 0.3 is 0 Å². The molecule has 0 aromatic heterocycles. The van der Waals surface area contributed by atoms with E-state index in [1.165, 1.54) is 31.2 Å². The number of aliphatic hydroxyl groups excluding tert-OH is 1. The monoisotopic (exact) mass is 289 g/mol. The van der Waals surface area contributed by atoms with Gasteiger partial charge in [0.1, 0.15) is 12.8 Å². The fourth-order valence-corrected chi connectivity index (χ4v) is 2.24. The van der Waals surface area contributed by atoms with Crippen LogP contribution >= 0.6 is 0 Å². The van der Waals surface area contributed by atoms with E-state index in [-0.39, 0.29) is 4.90 Å². The van der Waals surface area contributed by atoms with Crippen LogP contribution in [0.2, 0.25) is 0 Å². The quantitative estimate of drug-likeness (QED) is 0.831. The van der Waals surface area contributed by atoms with Crippen molar-refractivity contribution < 1.29 is 22.7 Å². The van der Waals surface area contributed by atoms with E-state index in [9.17, 15) is 22.7 Å². The number of benzene rings is 1. The van der Waals surface area contributed by atoms with Gasteiger partial charge in [0.25, 0.3) is 0 Å². The first kappa shape index (κ1) is 15.6. The lowest BCUT2D eigenvalue weighted by atomic mass is 10.0. The minimum Gasteiger partial charge on any atom is -0.386 e. The molecule has 5 nitrogen and oxygen atoms in total. The number of rotatable bonds is 5. The molecule has 106 valence electrons. The first-order chi connectivity index (χ1) is 8.75. The maximum absolute atomic E-state index is 12.8. The summed E-state index contributed by atoms with van der Waals surface area (Å²) >= 11 is 0. The highest BCUT2D eigenvalue weighted by Crippen LogP contribution is 2.19. The third kappa shape index (κ3) is 4.29. The summed E-state index contributed by atoms with van der Waals surface area (Å²) in [4.78, 5) is 11.0. The Kier molecular flexibility index (Phi) is 5.02. The van der Waals surface area contributed by atoms with Crippen molar-refractivity contribution in [1.82, 2.24) is 5.32 Å². The van der Waals surface area contributed by atoms with Gasteiger partial charge in [0.2, 0.25) is 5.91 Å². The molecule has 0 heterocycles. The van der Waals surface area contributed by atoms with Crippen molar-refractivity contribution in [2.45, 2.75) is 24.0 Å². The fraction of sp³-hybridized carbons (Fsp3) is 0.417. The van der Waals surface area contributed by atoms with Crippen molar-refractivity contribution in [3.05, 3.63) is 29.8 Å². The normalized spacial score (nSPS) is 14.7. The van der Waals surface area contributed by atoms with E-state index in [1.807, 2.05) is 0 Å². The molecule has 1 unspecified atom stereocenters. The van der Waals surface area contributed by atoms with E-state index in [1.54, 1.807) is 0 Å². The van der Waals surface area contributed by atoms with Crippen molar-refractivity contribution in [2.75, 3.05) is 12.9 Å². The van der Waals surface area contributed by atoms with Crippen LogP contribution in [0, 0.1) is 0 Å². The van der Waals surface area contributed by atoms with E-state index in [2.05, 4.69) is 5.32 Å². The number of carbonyl (C=O) groups is 1. The van der Waals surface area contributed by atoms with Crippen molar-refractivity contribution in [2.24, 2.45) is 0 Å². The van der Waals surface area contributed by atoms with Crippen molar-refractivity contribution >= 4 is 15.7 Å². The van der Waals surface area contributed by atoms with Gasteiger partial charge in [0, 0.05) is 13.2 Å². The smallest absolute Gasteiger partial charge is 0.217 e. The number of carbonyl (C=O) groups excluding carboxylic acids is 1. The predicted molar refractivity (Wildman–Crippen MR) is 68.1 cm³/mol. The Labute approximate surface area is 111 Å². The highest BCUT2D eigenvalue weighted by Gasteiger charge is 2.22. The average Bonchev–Trinajstić information content (AvgIpc) is 2.34. The second kappa shape index (κ2) is 6.12. The third-order valence-corrected chi connectivity index (χ3v) is 3.71. The van der Waals surface area contributed by atoms with Gasteiger partial charge in [-0.1, -0.05) is 12.1 Å². The number of aliphatic hydroxyl groups is 1. The SMILES string of the molecule is CC(=O)NC(CF)[C@H](O)c1ccc(S(C)(=O)=O)cc1. The molecular formula is C12H16FNO4S. The first-order valence-corrected chi connectivity index (χ1v) is 7.46. The van der Waals surface area contributed by atoms with Crippen LogP contribution in [0.4, 0.5) is 4.39 Å². The molecule has 1 aromatic carbocycles. The minimum absolute atomic E-state index is 0.111. The first-order valence-electron chi connectivity index (χ1n) is 5.57. The maximum Gasteiger partial charge on any atom is 0.217 e. The van der Waals surface area contributed by atoms with Gasteiger partial charge in [0.15, 0.2) is 9.84 Å². The van der Waals surface area contributed by atoms with Crippen molar-refractivity contribution in [3.63, 3.8) is 0 Å². The standard InChI is InChI=1S/C12H16FNO4S/c1-8(15)14-11(7-13)12(16)9-3-5-10(6-4-9)19(2,17)18/h3-6,11-12,16H,7H2,1-2H3,(H,14,15)/t11?,12-/m1/s1. The van der Waals surface area contributed by atoms with Crippen LogP contribution in [0.5, 0.6) is 0 Å². The lowest BCUT2D eigenvalue weighted by molar-refractivity contribution is -0.120. The summed E-state index contributed by atoms with van der Waals surface area (Å²) in [5, 5.41) is 12.2. The van der Waals surface area contributed by atoms with Crippen LogP contribution in [-0.4, -0.2) is 38.4 Å². The Morgan fingerprint density at radius 3 is 2.26 bits per heavy atom. The van der Waals surface area contributed by atoms with E-state index in [4.69, 9.17) is 0 Å². The molecule has 0 bridgehead atoms. The number of amides is 1. The highest BCUT2D eigenvalue weighted by molar-refractivity contribution is 7.90. The molecular weight excluding hydrogens is 273 g/mol. The number of sulfone groups is 1. The Hall–Kier alpha value is -1.47. The molecule has 1 rings (SSSR count). The van der Waals surface area contributed by atoms with E-state index < -0.39 is 34.6 Å². The molecule has 0 saturated carbocycles. The molecule has 1 amide bonds. The molecule has 7 heteroatoms. The molecule has 0 radical (unpaired) electrons. The Bertz CT molecular complexity index is 541. The second-order valence-corrected chi connectivity index (χ2v) is 6.26. The number of alkyl halides is 1. The molecule has 0 fully saturated rings. The Morgan fingerprint density at radius 2 is 1.89 bits per heavy atom. The third-order valence-electron chi connectivity index (χ3n) is 2.59. The maximum atomic E-state index is 12.8. The van der Waals surface area contributed by atoms with Crippen LogP contribution < -0.4 is 5.32 Å². The summed E-state index contributed by atoms with van der Waals surface area (Å²) in [6.45, 7) is 0.302. The van der Waals surface area contributed by atoms with Crippen molar-refractivity contribution in [3.8, 4) is 0 Å². The van der Waals surface area contributed by atoms with Gasteiger partial charge in [-0.3, -0.25) is 4.79 Å². The summed E-state index contributed by atoms with van der Waals surface area (Å²) in [6.07, 6.45) is -0.164. The van der Waals surface area contributed by atoms with Gasteiger partial charge in [-0.15, -0.1) is 0 Å². The zero-order valence-electron chi connectivity index (χ0n) is 10.6. The van der Waals surface area contributed by atoms with Crippen LogP contribution in [-0.2, 0) is 14.6 Å². The molecule has 0 aliphatic heterocycles. The molecule has 19 heavy (non-hydrogen) atoms. The predicted octanol–water partition coefficient (Wildman–Crippen LogP) is 0.598. The van der Waals surface area contributed by atoms with Crippen LogP contribution in [0.15, 0.2) is 29.2 Å². The summed E-state index contributed by atoms with van der Waals surface area (Å²) < 4.78 is 35.3. The highest BCUT2D eigenvalue weighted by atomic mass is 32.2. The minimum atomic E-state index is -3.32. The van der Waals surface area contributed by atoms with Crippen LogP contribution in [0.3, 0.4) is 0 Å². The van der Waals surface area contributed by atoms with E-state index >= 15 is 0 Å². The number of hydrogen-bond acceptors (Lipinski definition) is 4. The van der Waals surface area contributed by atoms with Gasteiger partial charge in [-0.25, -0.2) is 12.8 Å². The molecule has 2 N–H and O–H groups in total. The number of halogens is 1. The Balaban J connectivity index is 2.93. The molecule has 0 aliphatic carbocycles. The topological polar surface area (TPSA) is 83.5 Å². The van der Waals surface area contributed by atoms with Gasteiger partial charge in [0.05, 0.1) is 10.9 Å². The zero-order valence-corrected chi connectivity index (χ0v) is 11.4. The van der Waals surface area contributed by atoms with Crippen molar-refractivity contribution in [1.29, 1.82) is 0 Å². The number of nitrogens with one attached hydrogen (secondary N) is 1. The molecule has 1 aromatic rings. The molecule has 0 spiro atoms. The number of hydrogen-bond donors (Lipinski definition) is 2. The average molecular weight is 289 g/mol. The lowest BCUT2D eigenvalue weighted by Gasteiger charge is -2.21. The van der Waals surface area contributed by atoms with Gasteiger partial charge < -0.3 is 10.4 Å². The summed E-state index contributed by atoms with van der Waals surface area (Å²) in [7, 11) is -3.32. The molecule has 0 saturated heterocycles. The van der Waals surface area contributed by atoms with Crippen LogP contribution in [0.1, 0.15) is 18.6 Å². The Morgan fingerprint density at radius 1 is 1.37 bits per heavy atom. The van der Waals surface area contributed by atoms with Crippen LogP contribution in [0.25, 0.3) is 0 Å². The fourth-order valence-electron chi connectivity index (χ4n) is 1.61. The van der Waals surface area contributed by atoms with Gasteiger partial charge in [-0.2, -0.15) is 0 Å². The summed E-state index contributed by atoms with van der Waals surface area (Å²) in [6, 6.07) is 4.40. The van der Waals surface area contributed by atoms with E-state index in [0.717, 1.165) is 6.26 Å². The second-order valence-electron chi connectivity index (χ2n) is 4.25.